The quantitative estimate of drug-likeness (QED) is 0.895. The zero-order valence-corrected chi connectivity index (χ0v) is 11.5. The number of carbonyl (C=O) groups excluding carboxylic acids is 1. The second-order valence-electron chi connectivity index (χ2n) is 4.45. The lowest BCUT2D eigenvalue weighted by Crippen LogP contribution is -2.30. The molecule has 0 aliphatic rings. The second-order valence-corrected chi connectivity index (χ2v) is 4.45. The number of nitrogens with two attached hydrogens (primary N) is 1. The fraction of sp³-hybridized carbons (Fsp3) is 0.200. The first-order valence-electron chi connectivity index (χ1n) is 6.32. The molecule has 0 radical (unpaired) electrons. The molecule has 5 heteroatoms. The number of carbonyl (C=O) groups is 1. The Morgan fingerprint density at radius 3 is 2.60 bits per heavy atom. The van der Waals surface area contributed by atoms with Crippen molar-refractivity contribution in [3.05, 3.63) is 48.2 Å². The van der Waals surface area contributed by atoms with Crippen LogP contribution in [0.3, 0.4) is 0 Å². The Hall–Kier alpha value is -2.56. The SMILES string of the molecule is Cc1ccc(OC(C)C(=O)Nc2ccccc2)c(N)n1. The van der Waals surface area contributed by atoms with Gasteiger partial charge in [-0.25, -0.2) is 4.98 Å². The van der Waals surface area contributed by atoms with Gasteiger partial charge in [-0.3, -0.25) is 4.79 Å². The number of aryl methyl sites for hydroxylation is 1. The van der Waals surface area contributed by atoms with E-state index in [4.69, 9.17) is 10.5 Å². The summed E-state index contributed by atoms with van der Waals surface area (Å²) in [7, 11) is 0. The highest BCUT2D eigenvalue weighted by Gasteiger charge is 2.16. The summed E-state index contributed by atoms with van der Waals surface area (Å²) < 4.78 is 5.53. The highest BCUT2D eigenvalue weighted by atomic mass is 16.5. The zero-order valence-electron chi connectivity index (χ0n) is 11.5. The molecule has 0 aliphatic heterocycles. The van der Waals surface area contributed by atoms with Crippen LogP contribution in [-0.2, 0) is 4.79 Å². The van der Waals surface area contributed by atoms with Crippen molar-refractivity contribution in [3.63, 3.8) is 0 Å². The van der Waals surface area contributed by atoms with Gasteiger partial charge in [0.25, 0.3) is 5.91 Å². The average Bonchev–Trinajstić information content (AvgIpc) is 2.43. The van der Waals surface area contributed by atoms with E-state index in [9.17, 15) is 4.79 Å². The van der Waals surface area contributed by atoms with Crippen molar-refractivity contribution < 1.29 is 9.53 Å². The molecule has 2 aromatic rings. The molecule has 0 saturated carbocycles. The minimum absolute atomic E-state index is 0.240. The van der Waals surface area contributed by atoms with Gasteiger partial charge in [-0.15, -0.1) is 0 Å². The Labute approximate surface area is 117 Å². The lowest BCUT2D eigenvalue weighted by Gasteiger charge is -2.15. The Bertz CT molecular complexity index is 599. The summed E-state index contributed by atoms with van der Waals surface area (Å²) in [5, 5.41) is 2.77. The number of aromatic nitrogens is 1. The average molecular weight is 271 g/mol. The van der Waals surface area contributed by atoms with E-state index in [0.717, 1.165) is 11.4 Å². The molecule has 1 amide bonds. The monoisotopic (exact) mass is 271 g/mol. The molecule has 104 valence electrons. The van der Waals surface area contributed by atoms with Gasteiger partial charge < -0.3 is 15.8 Å². The molecule has 1 unspecified atom stereocenters. The van der Waals surface area contributed by atoms with Gasteiger partial charge in [0.15, 0.2) is 17.7 Å². The molecule has 5 nitrogen and oxygen atoms in total. The van der Waals surface area contributed by atoms with E-state index in [2.05, 4.69) is 10.3 Å². The molecule has 0 bridgehead atoms. The van der Waals surface area contributed by atoms with E-state index in [1.807, 2.05) is 37.3 Å². The number of rotatable bonds is 4. The summed E-state index contributed by atoms with van der Waals surface area (Å²) in [5.74, 6) is 0.451. The largest absolute Gasteiger partial charge is 0.477 e. The number of pyridine rings is 1. The Morgan fingerprint density at radius 1 is 1.25 bits per heavy atom. The third kappa shape index (κ3) is 3.47. The smallest absolute Gasteiger partial charge is 0.265 e. The number of nitrogens with zero attached hydrogens (tertiary/aromatic N) is 1. The molecule has 0 saturated heterocycles. The number of para-hydroxylation sites is 1. The molecule has 1 atom stereocenters. The number of hydrogen-bond acceptors (Lipinski definition) is 4. The highest BCUT2D eigenvalue weighted by Crippen LogP contribution is 2.20. The normalized spacial score (nSPS) is 11.7. The van der Waals surface area contributed by atoms with Crippen LogP contribution in [0.2, 0.25) is 0 Å². The third-order valence-electron chi connectivity index (χ3n) is 2.74. The lowest BCUT2D eigenvalue weighted by molar-refractivity contribution is -0.122. The number of ether oxygens (including phenoxy) is 1. The predicted octanol–water partition coefficient (Wildman–Crippen LogP) is 2.38. The molecule has 1 aromatic carbocycles. The van der Waals surface area contributed by atoms with Crippen LogP contribution in [-0.4, -0.2) is 17.0 Å². The Balaban J connectivity index is 2.00. The molecule has 0 aliphatic carbocycles. The third-order valence-corrected chi connectivity index (χ3v) is 2.74. The van der Waals surface area contributed by atoms with Crippen molar-refractivity contribution in [2.24, 2.45) is 0 Å². The lowest BCUT2D eigenvalue weighted by atomic mass is 10.3. The Morgan fingerprint density at radius 2 is 1.95 bits per heavy atom. The van der Waals surface area contributed by atoms with Crippen molar-refractivity contribution >= 4 is 17.4 Å². The van der Waals surface area contributed by atoms with Gasteiger partial charge >= 0.3 is 0 Å². The summed E-state index contributed by atoms with van der Waals surface area (Å²) in [5.41, 5.74) is 7.28. The standard InChI is InChI=1S/C15H17N3O2/c1-10-8-9-13(14(16)17-10)20-11(2)15(19)18-12-6-4-3-5-7-12/h3-9,11H,1-2H3,(H2,16,17)(H,18,19). The van der Waals surface area contributed by atoms with Crippen LogP contribution in [0.5, 0.6) is 5.75 Å². The summed E-state index contributed by atoms with van der Waals surface area (Å²) in [4.78, 5) is 16.1. The van der Waals surface area contributed by atoms with E-state index in [-0.39, 0.29) is 11.7 Å². The van der Waals surface area contributed by atoms with E-state index in [1.165, 1.54) is 0 Å². The van der Waals surface area contributed by atoms with Crippen LogP contribution < -0.4 is 15.8 Å². The summed E-state index contributed by atoms with van der Waals surface area (Å²) in [6.07, 6.45) is -0.665. The number of hydrogen-bond donors (Lipinski definition) is 2. The van der Waals surface area contributed by atoms with Gasteiger partial charge in [-0.1, -0.05) is 18.2 Å². The Kier molecular flexibility index (Phi) is 4.20. The van der Waals surface area contributed by atoms with Crippen molar-refractivity contribution in [2.75, 3.05) is 11.1 Å². The number of nitrogens with one attached hydrogen (secondary N) is 1. The maximum absolute atomic E-state index is 12.0. The molecule has 2 rings (SSSR count). The molecule has 20 heavy (non-hydrogen) atoms. The summed E-state index contributed by atoms with van der Waals surface area (Å²) in [6, 6.07) is 12.7. The van der Waals surface area contributed by atoms with Crippen molar-refractivity contribution in [3.8, 4) is 5.75 Å². The number of benzene rings is 1. The van der Waals surface area contributed by atoms with Crippen molar-refractivity contribution in [2.45, 2.75) is 20.0 Å². The van der Waals surface area contributed by atoms with E-state index < -0.39 is 6.10 Å². The molecule has 0 fully saturated rings. The van der Waals surface area contributed by atoms with Gasteiger partial charge in [0, 0.05) is 11.4 Å². The van der Waals surface area contributed by atoms with Crippen LogP contribution >= 0.6 is 0 Å². The molecular formula is C15H17N3O2. The van der Waals surface area contributed by atoms with Crippen LogP contribution in [0, 0.1) is 6.92 Å². The number of nitrogen functional groups attached to an aromatic ring is 1. The fourth-order valence-electron chi connectivity index (χ4n) is 1.67. The maximum Gasteiger partial charge on any atom is 0.265 e. The van der Waals surface area contributed by atoms with Gasteiger partial charge in [0.2, 0.25) is 0 Å². The second kappa shape index (κ2) is 6.06. The molecular weight excluding hydrogens is 254 g/mol. The van der Waals surface area contributed by atoms with Crippen LogP contribution in [0.15, 0.2) is 42.5 Å². The molecule has 1 aromatic heterocycles. The predicted molar refractivity (Wildman–Crippen MR) is 78.5 cm³/mol. The minimum Gasteiger partial charge on any atom is -0.477 e. The van der Waals surface area contributed by atoms with E-state index in [0.29, 0.717) is 5.75 Å². The fourth-order valence-corrected chi connectivity index (χ4v) is 1.67. The van der Waals surface area contributed by atoms with Crippen LogP contribution in [0.1, 0.15) is 12.6 Å². The summed E-state index contributed by atoms with van der Waals surface area (Å²) >= 11 is 0. The topological polar surface area (TPSA) is 77.2 Å². The minimum atomic E-state index is -0.665. The van der Waals surface area contributed by atoms with Crippen LogP contribution in [0.4, 0.5) is 11.5 Å². The molecule has 0 spiro atoms. The first-order valence-corrected chi connectivity index (χ1v) is 6.32. The zero-order chi connectivity index (χ0) is 14.5. The first kappa shape index (κ1) is 13.9. The van der Waals surface area contributed by atoms with Crippen molar-refractivity contribution in [1.29, 1.82) is 0 Å². The number of anilines is 2. The van der Waals surface area contributed by atoms with Crippen molar-refractivity contribution in [1.82, 2.24) is 4.98 Å². The van der Waals surface area contributed by atoms with Gasteiger partial charge in [0.1, 0.15) is 0 Å². The van der Waals surface area contributed by atoms with E-state index >= 15 is 0 Å². The molecule has 1 heterocycles. The van der Waals surface area contributed by atoms with Gasteiger partial charge in [0.05, 0.1) is 0 Å². The van der Waals surface area contributed by atoms with Crippen LogP contribution in [0.25, 0.3) is 0 Å². The highest BCUT2D eigenvalue weighted by molar-refractivity contribution is 5.94. The number of amides is 1. The van der Waals surface area contributed by atoms with E-state index in [1.54, 1.807) is 19.1 Å². The first-order chi connectivity index (χ1) is 9.56. The summed E-state index contributed by atoms with van der Waals surface area (Å²) in [6.45, 7) is 3.50. The molecule has 3 N–H and O–H groups in total. The van der Waals surface area contributed by atoms with Gasteiger partial charge in [-0.05, 0) is 38.1 Å². The van der Waals surface area contributed by atoms with Gasteiger partial charge in [-0.2, -0.15) is 0 Å². The maximum atomic E-state index is 12.0.